The summed E-state index contributed by atoms with van der Waals surface area (Å²) < 4.78 is 6.87. The van der Waals surface area contributed by atoms with Crippen molar-refractivity contribution in [2.45, 2.75) is 0 Å². The van der Waals surface area contributed by atoms with Gasteiger partial charge in [-0.05, 0) is 0 Å². The summed E-state index contributed by atoms with van der Waals surface area (Å²) in [4.78, 5) is 21.2. The highest BCUT2D eigenvalue weighted by Crippen LogP contribution is 2.04. The molecule has 0 aliphatic rings. The molecule has 1 rings (SSSR count). The lowest BCUT2D eigenvalue weighted by Crippen LogP contribution is -2.31. The molecule has 1 amide bonds. The van der Waals surface area contributed by atoms with Gasteiger partial charge in [0.15, 0.2) is 11.4 Å². The first-order valence-electron chi connectivity index (χ1n) is 2.73. The van der Waals surface area contributed by atoms with Crippen LogP contribution < -0.4 is 11.3 Å². The highest BCUT2D eigenvalue weighted by Gasteiger charge is 2.20. The van der Waals surface area contributed by atoms with Crippen molar-refractivity contribution in [3.8, 4) is 0 Å². The number of nitrogens with one attached hydrogen (secondary N) is 1. The van der Waals surface area contributed by atoms with Crippen LogP contribution in [-0.2, 0) is 0 Å². The second kappa shape index (κ2) is 3.24. The summed E-state index contributed by atoms with van der Waals surface area (Å²) in [6, 6.07) is 0. The number of carboxylic acid groups (broad SMARTS) is 1. The summed E-state index contributed by atoms with van der Waals surface area (Å²) >= 11 is 0.641. The van der Waals surface area contributed by atoms with Crippen molar-refractivity contribution >= 4 is 23.6 Å². The maximum Gasteiger partial charge on any atom is 0.358 e. The predicted octanol–water partition coefficient (Wildman–Crippen LogP) is -1.16. The van der Waals surface area contributed by atoms with E-state index in [1.807, 2.05) is 0 Å². The van der Waals surface area contributed by atoms with E-state index in [2.05, 4.69) is 8.75 Å². The molecule has 0 saturated heterocycles. The zero-order valence-corrected chi connectivity index (χ0v) is 6.46. The van der Waals surface area contributed by atoms with Gasteiger partial charge in [0, 0.05) is 0 Å². The Bertz CT molecular complexity index is 322. The van der Waals surface area contributed by atoms with Crippen LogP contribution in [0.25, 0.3) is 0 Å². The van der Waals surface area contributed by atoms with Crippen LogP contribution in [0.15, 0.2) is 0 Å². The van der Waals surface area contributed by atoms with Crippen LogP contribution >= 0.6 is 11.7 Å². The maximum absolute atomic E-state index is 10.8. The van der Waals surface area contributed by atoms with Gasteiger partial charge in [0.05, 0.1) is 11.7 Å². The minimum Gasteiger partial charge on any atom is -0.476 e. The Morgan fingerprint density at radius 2 is 2.00 bits per heavy atom. The molecule has 12 heavy (non-hydrogen) atoms. The fraction of sp³-hybridized carbons (Fsp3) is 0. The Morgan fingerprint density at radius 1 is 1.42 bits per heavy atom. The summed E-state index contributed by atoms with van der Waals surface area (Å²) in [6.45, 7) is 0. The number of nitrogens with two attached hydrogens (primary N) is 1. The number of hydrogen-bond acceptors (Lipinski definition) is 6. The fourth-order valence-corrected chi connectivity index (χ4v) is 1.08. The molecule has 0 unspecified atom stereocenters. The van der Waals surface area contributed by atoms with Gasteiger partial charge >= 0.3 is 5.97 Å². The van der Waals surface area contributed by atoms with Crippen molar-refractivity contribution in [1.82, 2.24) is 14.2 Å². The Kier molecular flexibility index (Phi) is 2.31. The first-order chi connectivity index (χ1) is 5.66. The molecular weight excluding hydrogens is 184 g/mol. The molecule has 0 spiro atoms. The van der Waals surface area contributed by atoms with Gasteiger partial charge in [0.1, 0.15) is 0 Å². The summed E-state index contributed by atoms with van der Waals surface area (Å²) in [5.74, 6) is 2.71. The van der Waals surface area contributed by atoms with Crippen LogP contribution in [0.5, 0.6) is 0 Å². The largest absolute Gasteiger partial charge is 0.476 e. The molecule has 7 nitrogen and oxygen atoms in total. The average molecular weight is 188 g/mol. The van der Waals surface area contributed by atoms with E-state index in [1.165, 1.54) is 0 Å². The second-order valence-electron chi connectivity index (χ2n) is 1.74. The number of amides is 1. The standard InChI is InChI=1S/C4H4N4O3S/c5-6-3(9)1-2(4(10)11)8-12-7-1/h5H2,(H,6,9)(H,10,11). The quantitative estimate of drug-likeness (QED) is 0.306. The summed E-state index contributed by atoms with van der Waals surface area (Å²) in [7, 11) is 0. The summed E-state index contributed by atoms with van der Waals surface area (Å²) in [6.07, 6.45) is 0. The van der Waals surface area contributed by atoms with Gasteiger partial charge in [0.25, 0.3) is 5.91 Å². The van der Waals surface area contributed by atoms with Crippen molar-refractivity contribution < 1.29 is 14.7 Å². The van der Waals surface area contributed by atoms with Crippen molar-refractivity contribution in [2.24, 2.45) is 5.84 Å². The van der Waals surface area contributed by atoms with E-state index < -0.39 is 11.9 Å². The molecule has 0 aliphatic carbocycles. The van der Waals surface area contributed by atoms with Crippen molar-refractivity contribution in [2.75, 3.05) is 0 Å². The Hall–Kier alpha value is -1.54. The van der Waals surface area contributed by atoms with E-state index in [-0.39, 0.29) is 11.4 Å². The summed E-state index contributed by atoms with van der Waals surface area (Å²) in [5.41, 5.74) is 1.11. The number of aromatic nitrogens is 2. The molecule has 1 aromatic rings. The van der Waals surface area contributed by atoms with Crippen LogP contribution in [-0.4, -0.2) is 25.7 Å². The van der Waals surface area contributed by atoms with E-state index in [0.717, 1.165) is 0 Å². The lowest BCUT2D eigenvalue weighted by molar-refractivity contribution is 0.0685. The van der Waals surface area contributed by atoms with Crippen LogP contribution in [0.1, 0.15) is 21.0 Å². The lowest BCUT2D eigenvalue weighted by atomic mass is 10.3. The smallest absolute Gasteiger partial charge is 0.358 e. The van der Waals surface area contributed by atoms with Crippen LogP contribution in [0.4, 0.5) is 0 Å². The Balaban J connectivity index is 3.07. The normalized spacial score (nSPS) is 9.42. The van der Waals surface area contributed by atoms with Gasteiger partial charge in [-0.15, -0.1) is 0 Å². The number of rotatable bonds is 2. The first kappa shape index (κ1) is 8.56. The minimum absolute atomic E-state index is 0.269. The monoisotopic (exact) mass is 188 g/mol. The number of carboxylic acids is 1. The highest BCUT2D eigenvalue weighted by molar-refractivity contribution is 6.99. The molecule has 1 aromatic heterocycles. The van der Waals surface area contributed by atoms with Gasteiger partial charge in [-0.3, -0.25) is 10.2 Å². The molecule has 0 bridgehead atoms. The van der Waals surface area contributed by atoms with Gasteiger partial charge in [0.2, 0.25) is 0 Å². The van der Waals surface area contributed by atoms with E-state index in [0.29, 0.717) is 11.7 Å². The number of nitrogens with zero attached hydrogens (tertiary/aromatic N) is 2. The van der Waals surface area contributed by atoms with E-state index in [9.17, 15) is 9.59 Å². The fourth-order valence-electron chi connectivity index (χ4n) is 0.546. The molecule has 8 heteroatoms. The maximum atomic E-state index is 10.8. The Morgan fingerprint density at radius 3 is 2.50 bits per heavy atom. The SMILES string of the molecule is NNC(=O)c1nsnc1C(=O)O. The number of carbonyl (C=O) groups excluding carboxylic acids is 1. The van der Waals surface area contributed by atoms with E-state index >= 15 is 0 Å². The minimum atomic E-state index is -1.30. The molecule has 0 fully saturated rings. The molecule has 0 aliphatic heterocycles. The third-order valence-corrected chi connectivity index (χ3v) is 1.57. The van der Waals surface area contributed by atoms with Crippen molar-refractivity contribution in [3.63, 3.8) is 0 Å². The van der Waals surface area contributed by atoms with Crippen LogP contribution in [0.3, 0.4) is 0 Å². The highest BCUT2D eigenvalue weighted by atomic mass is 32.1. The summed E-state index contributed by atoms with van der Waals surface area (Å²) in [5, 5.41) is 8.48. The topological polar surface area (TPSA) is 118 Å². The number of hydrazine groups is 1. The van der Waals surface area contributed by atoms with Crippen molar-refractivity contribution in [3.05, 3.63) is 11.4 Å². The first-order valence-corrected chi connectivity index (χ1v) is 3.46. The third kappa shape index (κ3) is 1.38. The number of carbonyl (C=O) groups is 2. The molecule has 4 N–H and O–H groups in total. The Labute approximate surface area is 70.5 Å². The zero-order valence-electron chi connectivity index (χ0n) is 5.64. The molecule has 1 heterocycles. The predicted molar refractivity (Wildman–Crippen MR) is 38.5 cm³/mol. The van der Waals surface area contributed by atoms with Crippen LogP contribution in [0, 0.1) is 0 Å². The van der Waals surface area contributed by atoms with Gasteiger partial charge in [-0.2, -0.15) is 8.75 Å². The number of hydrogen-bond donors (Lipinski definition) is 3. The molecule has 0 atom stereocenters. The zero-order chi connectivity index (χ0) is 9.14. The molecule has 0 radical (unpaired) electrons. The average Bonchev–Trinajstić information content (AvgIpc) is 2.50. The lowest BCUT2D eigenvalue weighted by Gasteiger charge is -1.93. The van der Waals surface area contributed by atoms with Crippen molar-refractivity contribution in [1.29, 1.82) is 0 Å². The molecular formula is C4H4N4O3S. The molecule has 64 valence electrons. The third-order valence-electron chi connectivity index (χ3n) is 1.04. The van der Waals surface area contributed by atoms with E-state index in [4.69, 9.17) is 10.9 Å². The molecule has 0 saturated carbocycles. The van der Waals surface area contributed by atoms with Crippen LogP contribution in [0.2, 0.25) is 0 Å². The second-order valence-corrected chi connectivity index (χ2v) is 2.27. The van der Waals surface area contributed by atoms with E-state index in [1.54, 1.807) is 5.43 Å². The number of aromatic carboxylic acids is 1. The van der Waals surface area contributed by atoms with Gasteiger partial charge in [-0.1, -0.05) is 0 Å². The van der Waals surface area contributed by atoms with Gasteiger partial charge in [-0.25, -0.2) is 10.6 Å². The van der Waals surface area contributed by atoms with Gasteiger partial charge < -0.3 is 5.11 Å². The molecule has 0 aromatic carbocycles. The number of nitrogen functional groups attached to an aromatic ring is 1.